The van der Waals surface area contributed by atoms with Gasteiger partial charge in [-0.25, -0.2) is 0 Å². The van der Waals surface area contributed by atoms with E-state index in [1.54, 1.807) is 0 Å². The number of hydrogen-bond acceptors (Lipinski definition) is 2. The summed E-state index contributed by atoms with van der Waals surface area (Å²) in [6, 6.07) is 6.29. The van der Waals surface area contributed by atoms with Gasteiger partial charge in [-0.2, -0.15) is 0 Å². The molecule has 0 aliphatic heterocycles. The van der Waals surface area contributed by atoms with Crippen molar-refractivity contribution in [3.05, 3.63) is 28.2 Å². The van der Waals surface area contributed by atoms with E-state index in [9.17, 15) is 0 Å². The lowest BCUT2D eigenvalue weighted by molar-refractivity contribution is 0.526. The van der Waals surface area contributed by atoms with Gasteiger partial charge in [-0.15, -0.1) is 0 Å². The Morgan fingerprint density at radius 2 is 2.07 bits per heavy atom. The molecular weight excluding hydrogens is 252 g/mol. The van der Waals surface area contributed by atoms with E-state index in [1.807, 2.05) is 0 Å². The van der Waals surface area contributed by atoms with Gasteiger partial charge in [0.05, 0.1) is 0 Å². The van der Waals surface area contributed by atoms with Gasteiger partial charge in [0.2, 0.25) is 0 Å². The lowest BCUT2D eigenvalue weighted by Gasteiger charge is -2.27. The van der Waals surface area contributed by atoms with Crippen LogP contribution in [0.4, 0.5) is 5.69 Å². The van der Waals surface area contributed by atoms with Gasteiger partial charge in [0.15, 0.2) is 0 Å². The van der Waals surface area contributed by atoms with E-state index in [2.05, 4.69) is 60.2 Å². The SMILES string of the molecule is Cc1cc(NC(C)(C)CCN)ccc1Br. The number of anilines is 1. The van der Waals surface area contributed by atoms with Gasteiger partial charge in [-0.3, -0.25) is 0 Å². The van der Waals surface area contributed by atoms with Crippen molar-refractivity contribution in [1.29, 1.82) is 0 Å². The molecule has 0 aromatic heterocycles. The molecular formula is C12H19BrN2. The average molecular weight is 271 g/mol. The van der Waals surface area contributed by atoms with Crippen molar-refractivity contribution >= 4 is 21.6 Å². The normalized spacial score (nSPS) is 11.5. The molecule has 0 saturated carbocycles. The topological polar surface area (TPSA) is 38.0 Å². The minimum absolute atomic E-state index is 0.0506. The second kappa shape index (κ2) is 4.99. The third-order valence-corrected chi connectivity index (χ3v) is 3.30. The third kappa shape index (κ3) is 3.84. The van der Waals surface area contributed by atoms with Crippen LogP contribution < -0.4 is 11.1 Å². The van der Waals surface area contributed by atoms with E-state index in [-0.39, 0.29) is 5.54 Å². The predicted octanol–water partition coefficient (Wildman–Crippen LogP) is 3.30. The summed E-state index contributed by atoms with van der Waals surface area (Å²) in [5.74, 6) is 0. The summed E-state index contributed by atoms with van der Waals surface area (Å²) in [6.07, 6.45) is 0.960. The van der Waals surface area contributed by atoms with Crippen molar-refractivity contribution in [2.75, 3.05) is 11.9 Å². The molecule has 0 aliphatic carbocycles. The van der Waals surface area contributed by atoms with E-state index in [0.29, 0.717) is 6.54 Å². The predicted molar refractivity (Wildman–Crippen MR) is 70.3 cm³/mol. The van der Waals surface area contributed by atoms with Crippen LogP contribution in [-0.4, -0.2) is 12.1 Å². The smallest absolute Gasteiger partial charge is 0.0347 e. The highest BCUT2D eigenvalue weighted by atomic mass is 79.9. The number of aryl methyl sites for hydroxylation is 1. The fourth-order valence-corrected chi connectivity index (χ4v) is 1.78. The Kier molecular flexibility index (Phi) is 4.17. The molecule has 84 valence electrons. The summed E-state index contributed by atoms with van der Waals surface area (Å²) in [5.41, 5.74) is 8.01. The molecule has 3 N–H and O–H groups in total. The monoisotopic (exact) mass is 270 g/mol. The standard InChI is InChI=1S/C12H19BrN2/c1-9-8-10(4-5-11(9)13)15-12(2,3)6-7-14/h4-5,8,15H,6-7,14H2,1-3H3. The van der Waals surface area contributed by atoms with Crippen molar-refractivity contribution in [3.8, 4) is 0 Å². The van der Waals surface area contributed by atoms with Gasteiger partial charge in [-0.1, -0.05) is 15.9 Å². The Balaban J connectivity index is 2.76. The lowest BCUT2D eigenvalue weighted by atomic mass is 10.00. The number of benzene rings is 1. The maximum atomic E-state index is 5.57. The van der Waals surface area contributed by atoms with Gasteiger partial charge in [0, 0.05) is 15.7 Å². The summed E-state index contributed by atoms with van der Waals surface area (Å²) < 4.78 is 1.14. The van der Waals surface area contributed by atoms with Crippen LogP contribution >= 0.6 is 15.9 Å². The van der Waals surface area contributed by atoms with Crippen molar-refractivity contribution in [2.45, 2.75) is 32.7 Å². The maximum absolute atomic E-state index is 5.57. The van der Waals surface area contributed by atoms with E-state index >= 15 is 0 Å². The Labute approximate surface area is 100 Å². The Bertz CT molecular complexity index is 334. The molecule has 1 aromatic carbocycles. The minimum atomic E-state index is 0.0506. The van der Waals surface area contributed by atoms with Gasteiger partial charge in [-0.05, 0) is 57.5 Å². The Hall–Kier alpha value is -0.540. The van der Waals surface area contributed by atoms with E-state index in [4.69, 9.17) is 5.73 Å². The molecule has 0 unspecified atom stereocenters. The highest BCUT2D eigenvalue weighted by Gasteiger charge is 2.15. The number of nitrogens with one attached hydrogen (secondary N) is 1. The molecule has 0 amide bonds. The highest BCUT2D eigenvalue weighted by Crippen LogP contribution is 2.23. The first-order valence-electron chi connectivity index (χ1n) is 5.19. The molecule has 1 aromatic rings. The molecule has 0 radical (unpaired) electrons. The van der Waals surface area contributed by atoms with Crippen LogP contribution in [0.15, 0.2) is 22.7 Å². The molecule has 0 saturated heterocycles. The van der Waals surface area contributed by atoms with Crippen LogP contribution in [-0.2, 0) is 0 Å². The second-order valence-electron chi connectivity index (χ2n) is 4.51. The summed E-state index contributed by atoms with van der Waals surface area (Å²) in [5, 5.41) is 3.49. The van der Waals surface area contributed by atoms with Crippen LogP contribution in [0.1, 0.15) is 25.8 Å². The number of nitrogens with two attached hydrogens (primary N) is 1. The molecule has 0 fully saturated rings. The number of rotatable bonds is 4. The van der Waals surface area contributed by atoms with Crippen molar-refractivity contribution < 1.29 is 0 Å². The largest absolute Gasteiger partial charge is 0.380 e. The fraction of sp³-hybridized carbons (Fsp3) is 0.500. The molecule has 2 nitrogen and oxygen atoms in total. The van der Waals surface area contributed by atoms with Crippen LogP contribution in [0, 0.1) is 6.92 Å². The first-order valence-corrected chi connectivity index (χ1v) is 5.98. The van der Waals surface area contributed by atoms with Gasteiger partial charge >= 0.3 is 0 Å². The van der Waals surface area contributed by atoms with Crippen LogP contribution in [0.25, 0.3) is 0 Å². The summed E-state index contributed by atoms with van der Waals surface area (Å²) in [7, 11) is 0. The zero-order chi connectivity index (χ0) is 11.5. The summed E-state index contributed by atoms with van der Waals surface area (Å²) in [4.78, 5) is 0. The molecule has 15 heavy (non-hydrogen) atoms. The van der Waals surface area contributed by atoms with Gasteiger partial charge in [0.25, 0.3) is 0 Å². The minimum Gasteiger partial charge on any atom is -0.380 e. The first kappa shape index (κ1) is 12.5. The zero-order valence-electron chi connectivity index (χ0n) is 9.60. The van der Waals surface area contributed by atoms with Crippen molar-refractivity contribution in [3.63, 3.8) is 0 Å². The molecule has 0 bridgehead atoms. The van der Waals surface area contributed by atoms with Crippen molar-refractivity contribution in [2.24, 2.45) is 5.73 Å². The molecule has 0 spiro atoms. The zero-order valence-corrected chi connectivity index (χ0v) is 11.2. The fourth-order valence-electron chi connectivity index (χ4n) is 1.54. The highest BCUT2D eigenvalue weighted by molar-refractivity contribution is 9.10. The van der Waals surface area contributed by atoms with Crippen molar-refractivity contribution in [1.82, 2.24) is 0 Å². The van der Waals surface area contributed by atoms with E-state index in [0.717, 1.165) is 16.6 Å². The van der Waals surface area contributed by atoms with Crippen LogP contribution in [0.5, 0.6) is 0 Å². The molecule has 1 rings (SSSR count). The molecule has 0 heterocycles. The third-order valence-electron chi connectivity index (χ3n) is 2.41. The average Bonchev–Trinajstić information content (AvgIpc) is 2.10. The molecule has 0 aliphatic rings. The Morgan fingerprint density at radius 1 is 1.40 bits per heavy atom. The molecule has 0 atom stereocenters. The van der Waals surface area contributed by atoms with Gasteiger partial charge in [0.1, 0.15) is 0 Å². The first-order chi connectivity index (χ1) is 6.94. The second-order valence-corrected chi connectivity index (χ2v) is 5.37. The van der Waals surface area contributed by atoms with Crippen LogP contribution in [0.2, 0.25) is 0 Å². The summed E-state index contributed by atoms with van der Waals surface area (Å²) >= 11 is 3.49. The van der Waals surface area contributed by atoms with E-state index < -0.39 is 0 Å². The molecule has 3 heteroatoms. The number of halogens is 1. The van der Waals surface area contributed by atoms with Crippen LogP contribution in [0.3, 0.4) is 0 Å². The number of hydrogen-bond donors (Lipinski definition) is 2. The Morgan fingerprint density at radius 3 is 2.60 bits per heavy atom. The summed E-state index contributed by atoms with van der Waals surface area (Å²) in [6.45, 7) is 7.12. The quantitative estimate of drug-likeness (QED) is 0.881. The lowest BCUT2D eigenvalue weighted by Crippen LogP contribution is -2.33. The van der Waals surface area contributed by atoms with Gasteiger partial charge < -0.3 is 11.1 Å². The maximum Gasteiger partial charge on any atom is 0.0347 e. The van der Waals surface area contributed by atoms with E-state index in [1.165, 1.54) is 5.56 Å².